The molecule has 1 atom stereocenters. The predicted molar refractivity (Wildman–Crippen MR) is 129 cm³/mol. The van der Waals surface area contributed by atoms with Crippen molar-refractivity contribution < 1.29 is 4.79 Å². The van der Waals surface area contributed by atoms with Crippen molar-refractivity contribution in [3.63, 3.8) is 0 Å². The van der Waals surface area contributed by atoms with Gasteiger partial charge in [-0.25, -0.2) is 0 Å². The van der Waals surface area contributed by atoms with Gasteiger partial charge in [0.05, 0.1) is 10.8 Å². The summed E-state index contributed by atoms with van der Waals surface area (Å²) >= 11 is 1.67. The monoisotopic (exact) mass is 447 g/mol. The molecule has 2 aromatic heterocycles. The van der Waals surface area contributed by atoms with Crippen molar-refractivity contribution in [2.45, 2.75) is 19.4 Å². The Morgan fingerprint density at radius 3 is 2.50 bits per heavy atom. The number of hydrogen-bond donors (Lipinski definition) is 0. The number of piperazine rings is 1. The van der Waals surface area contributed by atoms with E-state index in [0.29, 0.717) is 5.91 Å². The van der Waals surface area contributed by atoms with Crippen LogP contribution in [0.4, 0.5) is 5.82 Å². The Labute approximate surface area is 193 Å². The lowest BCUT2D eigenvalue weighted by Gasteiger charge is -2.39. The predicted octanol–water partition coefficient (Wildman–Crippen LogP) is 3.77. The van der Waals surface area contributed by atoms with Crippen LogP contribution >= 0.6 is 11.3 Å². The van der Waals surface area contributed by atoms with Crippen LogP contribution in [0.3, 0.4) is 0 Å². The SMILES string of the molecule is O=C(C1CCCN(c2ccc(-c3cccs3)nn2)C1)N1CCN(Cc2ccccc2)CC1. The first-order valence-corrected chi connectivity index (χ1v) is 12.3. The summed E-state index contributed by atoms with van der Waals surface area (Å²) in [5.74, 6) is 1.22. The number of thiophene rings is 1. The molecule has 7 heteroatoms. The van der Waals surface area contributed by atoms with E-state index in [1.807, 2.05) is 23.6 Å². The van der Waals surface area contributed by atoms with Gasteiger partial charge in [-0.05, 0) is 42.0 Å². The highest BCUT2D eigenvalue weighted by Crippen LogP contribution is 2.26. The fraction of sp³-hybridized carbons (Fsp3) is 0.400. The Bertz CT molecular complexity index is 1000. The minimum Gasteiger partial charge on any atom is -0.354 e. The highest BCUT2D eigenvalue weighted by atomic mass is 32.1. The van der Waals surface area contributed by atoms with Crippen molar-refractivity contribution in [2.24, 2.45) is 5.92 Å². The van der Waals surface area contributed by atoms with Crippen molar-refractivity contribution >= 4 is 23.1 Å². The molecule has 2 saturated heterocycles. The number of amides is 1. The average molecular weight is 448 g/mol. The fourth-order valence-corrected chi connectivity index (χ4v) is 5.35. The second kappa shape index (κ2) is 9.79. The van der Waals surface area contributed by atoms with Crippen molar-refractivity contribution in [3.05, 3.63) is 65.5 Å². The molecule has 3 aromatic rings. The van der Waals surface area contributed by atoms with Crippen molar-refractivity contribution in [2.75, 3.05) is 44.2 Å². The van der Waals surface area contributed by atoms with Crippen LogP contribution in [0.5, 0.6) is 0 Å². The zero-order chi connectivity index (χ0) is 21.8. The molecule has 6 nitrogen and oxygen atoms in total. The van der Waals surface area contributed by atoms with Gasteiger partial charge in [0.15, 0.2) is 5.82 Å². The summed E-state index contributed by atoms with van der Waals surface area (Å²) < 4.78 is 0. The van der Waals surface area contributed by atoms with E-state index in [2.05, 4.69) is 61.3 Å². The van der Waals surface area contributed by atoms with Crippen molar-refractivity contribution in [3.8, 4) is 10.6 Å². The van der Waals surface area contributed by atoms with Gasteiger partial charge in [0.25, 0.3) is 0 Å². The number of nitrogens with zero attached hydrogens (tertiary/aromatic N) is 5. The van der Waals surface area contributed by atoms with E-state index in [0.717, 1.165) is 75.0 Å². The fourth-order valence-electron chi connectivity index (χ4n) is 4.66. The summed E-state index contributed by atoms with van der Waals surface area (Å²) in [5, 5.41) is 10.9. The Kier molecular flexibility index (Phi) is 6.46. The highest BCUT2D eigenvalue weighted by Gasteiger charge is 2.31. The molecule has 166 valence electrons. The average Bonchev–Trinajstić information content (AvgIpc) is 3.40. The number of benzene rings is 1. The molecule has 1 unspecified atom stereocenters. The van der Waals surface area contributed by atoms with Gasteiger partial charge in [-0.15, -0.1) is 21.5 Å². The molecule has 2 aliphatic rings. The smallest absolute Gasteiger partial charge is 0.227 e. The van der Waals surface area contributed by atoms with Gasteiger partial charge in [-0.3, -0.25) is 9.69 Å². The van der Waals surface area contributed by atoms with Gasteiger partial charge in [0, 0.05) is 45.8 Å². The summed E-state index contributed by atoms with van der Waals surface area (Å²) in [6.07, 6.45) is 1.97. The molecule has 1 aromatic carbocycles. The molecule has 1 amide bonds. The Hall–Kier alpha value is -2.77. The van der Waals surface area contributed by atoms with Crippen molar-refractivity contribution in [1.29, 1.82) is 0 Å². The van der Waals surface area contributed by atoms with Crippen LogP contribution in [0.25, 0.3) is 10.6 Å². The third kappa shape index (κ3) is 4.84. The van der Waals surface area contributed by atoms with E-state index in [9.17, 15) is 4.79 Å². The zero-order valence-electron chi connectivity index (χ0n) is 18.3. The lowest BCUT2D eigenvalue weighted by Crippen LogP contribution is -2.52. The first-order valence-electron chi connectivity index (χ1n) is 11.4. The van der Waals surface area contributed by atoms with E-state index in [-0.39, 0.29) is 5.92 Å². The molecule has 0 saturated carbocycles. The molecule has 0 bridgehead atoms. The molecule has 0 spiro atoms. The second-order valence-corrected chi connectivity index (χ2v) is 9.57. The third-order valence-corrected chi connectivity index (χ3v) is 7.34. The third-order valence-electron chi connectivity index (χ3n) is 6.45. The second-order valence-electron chi connectivity index (χ2n) is 8.63. The molecule has 2 fully saturated rings. The van der Waals surface area contributed by atoms with Gasteiger partial charge in [0.2, 0.25) is 5.91 Å². The maximum absolute atomic E-state index is 13.3. The van der Waals surface area contributed by atoms with E-state index in [1.165, 1.54) is 5.56 Å². The normalized spacial score (nSPS) is 19.8. The molecule has 5 rings (SSSR count). The zero-order valence-corrected chi connectivity index (χ0v) is 19.1. The molecule has 4 heterocycles. The molecule has 0 N–H and O–H groups in total. The minimum absolute atomic E-state index is 0.0446. The summed E-state index contributed by atoms with van der Waals surface area (Å²) in [5.41, 5.74) is 2.24. The van der Waals surface area contributed by atoms with Gasteiger partial charge < -0.3 is 9.80 Å². The topological polar surface area (TPSA) is 52.6 Å². The minimum atomic E-state index is 0.0446. The van der Waals surface area contributed by atoms with Crippen LogP contribution in [-0.2, 0) is 11.3 Å². The molecular formula is C25H29N5OS. The summed E-state index contributed by atoms with van der Waals surface area (Å²) in [4.78, 5) is 21.1. The van der Waals surface area contributed by atoms with Crippen LogP contribution < -0.4 is 4.90 Å². The maximum atomic E-state index is 13.3. The summed E-state index contributed by atoms with van der Waals surface area (Å²) in [6, 6.07) is 18.7. The first-order chi connectivity index (χ1) is 15.8. The van der Waals surface area contributed by atoms with E-state index in [1.54, 1.807) is 11.3 Å². The van der Waals surface area contributed by atoms with E-state index in [4.69, 9.17) is 0 Å². The maximum Gasteiger partial charge on any atom is 0.227 e. The number of carbonyl (C=O) groups is 1. The number of aromatic nitrogens is 2. The Morgan fingerprint density at radius 2 is 1.78 bits per heavy atom. The number of carbonyl (C=O) groups excluding carboxylic acids is 1. The summed E-state index contributed by atoms with van der Waals surface area (Å²) in [7, 11) is 0. The lowest BCUT2D eigenvalue weighted by atomic mass is 9.96. The van der Waals surface area contributed by atoms with Gasteiger partial charge in [0.1, 0.15) is 5.69 Å². The van der Waals surface area contributed by atoms with Gasteiger partial charge >= 0.3 is 0 Å². The van der Waals surface area contributed by atoms with Crippen LogP contribution in [-0.4, -0.2) is 65.2 Å². The van der Waals surface area contributed by atoms with Crippen LogP contribution in [0.2, 0.25) is 0 Å². The molecule has 32 heavy (non-hydrogen) atoms. The molecule has 0 radical (unpaired) electrons. The van der Waals surface area contributed by atoms with Crippen molar-refractivity contribution in [1.82, 2.24) is 20.0 Å². The first kappa shape index (κ1) is 21.1. The number of piperidine rings is 1. The number of hydrogen-bond acceptors (Lipinski definition) is 6. The summed E-state index contributed by atoms with van der Waals surface area (Å²) in [6.45, 7) is 6.13. The molecule has 2 aliphatic heterocycles. The van der Waals surface area contributed by atoms with E-state index < -0.39 is 0 Å². The largest absolute Gasteiger partial charge is 0.354 e. The lowest BCUT2D eigenvalue weighted by molar-refractivity contribution is -0.137. The standard InChI is InChI=1S/C25H29N5OS/c31-25(29-15-13-28(14-16-29)18-20-6-2-1-3-7-20)21-8-4-12-30(19-21)24-11-10-22(26-27-24)23-9-5-17-32-23/h1-3,5-7,9-11,17,21H,4,8,12-16,18-19H2. The highest BCUT2D eigenvalue weighted by molar-refractivity contribution is 7.13. The molecular weight excluding hydrogens is 418 g/mol. The van der Waals surface area contributed by atoms with Crippen LogP contribution in [0.15, 0.2) is 60.0 Å². The Morgan fingerprint density at radius 1 is 0.938 bits per heavy atom. The van der Waals surface area contributed by atoms with Crippen LogP contribution in [0.1, 0.15) is 18.4 Å². The quantitative estimate of drug-likeness (QED) is 0.596. The van der Waals surface area contributed by atoms with Gasteiger partial charge in [-0.2, -0.15) is 0 Å². The Balaban J connectivity index is 1.15. The van der Waals surface area contributed by atoms with Crippen LogP contribution in [0, 0.1) is 5.92 Å². The number of anilines is 1. The molecule has 0 aliphatic carbocycles. The number of rotatable bonds is 5. The van der Waals surface area contributed by atoms with E-state index >= 15 is 0 Å². The van der Waals surface area contributed by atoms with Gasteiger partial charge in [-0.1, -0.05) is 36.4 Å².